The van der Waals surface area contributed by atoms with Crippen LogP contribution in [0.5, 0.6) is 0 Å². The zero-order valence-electron chi connectivity index (χ0n) is 12.4. The lowest BCUT2D eigenvalue weighted by Crippen LogP contribution is -2.51. The molecule has 4 heteroatoms. The number of nitrogens with one attached hydrogen (secondary N) is 1. The molecule has 4 nitrogen and oxygen atoms in total. The Kier molecular flexibility index (Phi) is 2.54. The zero-order chi connectivity index (χ0) is 13.9. The summed E-state index contributed by atoms with van der Waals surface area (Å²) >= 11 is 0. The van der Waals surface area contributed by atoms with Crippen LogP contribution in [-0.2, 0) is 11.8 Å². The van der Waals surface area contributed by atoms with E-state index in [4.69, 9.17) is 0 Å². The minimum Gasteiger partial charge on any atom is -0.310 e. The normalized spacial score (nSPS) is 38.2. The molecule has 1 aromatic heterocycles. The number of aryl methyl sites for hydroxylation is 2. The van der Waals surface area contributed by atoms with Crippen LogP contribution in [0.15, 0.2) is 6.07 Å². The van der Waals surface area contributed by atoms with Crippen molar-refractivity contribution >= 4 is 11.7 Å². The Labute approximate surface area is 119 Å². The summed E-state index contributed by atoms with van der Waals surface area (Å²) in [5.74, 6) is 3.50. The van der Waals surface area contributed by atoms with Crippen LogP contribution in [0.1, 0.15) is 44.2 Å². The second-order valence-corrected chi connectivity index (χ2v) is 7.45. The molecule has 4 bridgehead atoms. The predicted molar refractivity (Wildman–Crippen MR) is 77.2 cm³/mol. The van der Waals surface area contributed by atoms with Gasteiger partial charge >= 0.3 is 0 Å². The van der Waals surface area contributed by atoms with Gasteiger partial charge in [0.25, 0.3) is 0 Å². The first-order valence-electron chi connectivity index (χ1n) is 7.86. The molecule has 1 N–H and O–H groups in total. The van der Waals surface area contributed by atoms with Crippen molar-refractivity contribution in [3.05, 3.63) is 11.8 Å². The summed E-state index contributed by atoms with van der Waals surface area (Å²) in [6.45, 7) is 1.96. The Balaban J connectivity index is 1.58. The smallest absolute Gasteiger partial charge is 0.231 e. The summed E-state index contributed by atoms with van der Waals surface area (Å²) < 4.78 is 1.77. The number of hydrogen-bond acceptors (Lipinski definition) is 2. The number of carbonyl (C=O) groups excluding carboxylic acids is 1. The first-order chi connectivity index (χ1) is 9.54. The van der Waals surface area contributed by atoms with E-state index in [1.54, 1.807) is 4.68 Å². The summed E-state index contributed by atoms with van der Waals surface area (Å²) in [7, 11) is 1.89. The summed E-state index contributed by atoms with van der Waals surface area (Å²) in [4.78, 5) is 12.9. The third-order valence-corrected chi connectivity index (χ3v) is 5.76. The fourth-order valence-corrected chi connectivity index (χ4v) is 5.37. The van der Waals surface area contributed by atoms with Gasteiger partial charge in [0, 0.05) is 13.1 Å². The van der Waals surface area contributed by atoms with E-state index >= 15 is 0 Å². The van der Waals surface area contributed by atoms with Gasteiger partial charge in [-0.2, -0.15) is 5.10 Å². The molecule has 4 aliphatic carbocycles. The fourth-order valence-electron chi connectivity index (χ4n) is 5.37. The molecular weight excluding hydrogens is 250 g/mol. The quantitative estimate of drug-likeness (QED) is 0.900. The van der Waals surface area contributed by atoms with E-state index in [0.29, 0.717) is 0 Å². The Morgan fingerprint density at radius 2 is 1.80 bits per heavy atom. The lowest BCUT2D eigenvalue weighted by atomic mass is 9.49. The Bertz CT molecular complexity index is 525. The number of amides is 1. The highest BCUT2D eigenvalue weighted by molar-refractivity contribution is 5.95. The summed E-state index contributed by atoms with van der Waals surface area (Å²) in [6.07, 6.45) is 7.46. The van der Waals surface area contributed by atoms with Crippen LogP contribution in [-0.4, -0.2) is 15.7 Å². The average Bonchev–Trinajstić information content (AvgIpc) is 2.66. The molecule has 0 spiro atoms. The third kappa shape index (κ3) is 1.80. The predicted octanol–water partition coefficient (Wildman–Crippen LogP) is 2.88. The van der Waals surface area contributed by atoms with E-state index in [9.17, 15) is 4.79 Å². The highest BCUT2D eigenvalue weighted by Crippen LogP contribution is 2.60. The molecule has 1 amide bonds. The number of hydrogen-bond donors (Lipinski definition) is 1. The number of anilines is 1. The van der Waals surface area contributed by atoms with Crippen molar-refractivity contribution in [1.82, 2.24) is 9.78 Å². The summed E-state index contributed by atoms with van der Waals surface area (Å²) in [5, 5.41) is 7.46. The molecule has 20 heavy (non-hydrogen) atoms. The molecule has 4 saturated carbocycles. The first kappa shape index (κ1) is 12.4. The molecule has 0 radical (unpaired) electrons. The topological polar surface area (TPSA) is 46.9 Å². The van der Waals surface area contributed by atoms with E-state index in [1.807, 2.05) is 20.0 Å². The molecular formula is C16H23N3O. The highest BCUT2D eigenvalue weighted by atomic mass is 16.2. The minimum atomic E-state index is -0.0765. The minimum absolute atomic E-state index is 0.0765. The maximum atomic E-state index is 12.9. The van der Waals surface area contributed by atoms with Gasteiger partial charge in [0.1, 0.15) is 5.82 Å². The Morgan fingerprint density at radius 1 is 1.25 bits per heavy atom. The van der Waals surface area contributed by atoms with Gasteiger partial charge in [-0.25, -0.2) is 0 Å². The molecule has 1 heterocycles. The van der Waals surface area contributed by atoms with Crippen molar-refractivity contribution in [1.29, 1.82) is 0 Å². The molecule has 0 atom stereocenters. The molecule has 1 aromatic rings. The first-order valence-corrected chi connectivity index (χ1v) is 7.86. The molecule has 0 unspecified atom stereocenters. The highest BCUT2D eigenvalue weighted by Gasteiger charge is 2.54. The van der Waals surface area contributed by atoms with Gasteiger partial charge in [-0.3, -0.25) is 9.48 Å². The second kappa shape index (κ2) is 4.09. The van der Waals surface area contributed by atoms with Crippen LogP contribution >= 0.6 is 0 Å². The van der Waals surface area contributed by atoms with Crippen LogP contribution in [0.4, 0.5) is 5.82 Å². The van der Waals surface area contributed by atoms with Crippen molar-refractivity contribution in [2.75, 3.05) is 5.32 Å². The molecule has 0 aromatic carbocycles. The van der Waals surface area contributed by atoms with Crippen LogP contribution in [0, 0.1) is 30.1 Å². The van der Waals surface area contributed by atoms with Gasteiger partial charge in [0.15, 0.2) is 0 Å². The van der Waals surface area contributed by atoms with Crippen molar-refractivity contribution in [3.8, 4) is 0 Å². The maximum Gasteiger partial charge on any atom is 0.231 e. The van der Waals surface area contributed by atoms with Gasteiger partial charge in [-0.05, 0) is 63.2 Å². The van der Waals surface area contributed by atoms with E-state index in [2.05, 4.69) is 10.4 Å². The number of carbonyl (C=O) groups is 1. The van der Waals surface area contributed by atoms with Crippen LogP contribution in [0.2, 0.25) is 0 Å². The zero-order valence-corrected chi connectivity index (χ0v) is 12.4. The van der Waals surface area contributed by atoms with E-state index < -0.39 is 0 Å². The molecule has 0 aliphatic heterocycles. The van der Waals surface area contributed by atoms with Gasteiger partial charge in [-0.15, -0.1) is 0 Å². The van der Waals surface area contributed by atoms with E-state index in [-0.39, 0.29) is 11.3 Å². The standard InChI is InChI=1S/C16H23N3O/c1-10-3-14(19(2)18-10)17-15(20)16-7-11-4-12(8-16)6-13(5-11)9-16/h3,11-13H,4-9H2,1-2H3,(H,17,20). The monoisotopic (exact) mass is 273 g/mol. The molecule has 0 saturated heterocycles. The lowest BCUT2D eigenvalue weighted by Gasteiger charge is -2.55. The van der Waals surface area contributed by atoms with E-state index in [1.165, 1.54) is 19.3 Å². The number of rotatable bonds is 2. The van der Waals surface area contributed by atoms with Gasteiger partial charge in [0.05, 0.1) is 11.1 Å². The Hall–Kier alpha value is -1.32. The van der Waals surface area contributed by atoms with E-state index in [0.717, 1.165) is 48.5 Å². The molecule has 108 valence electrons. The fraction of sp³-hybridized carbons (Fsp3) is 0.750. The lowest BCUT2D eigenvalue weighted by molar-refractivity contribution is -0.140. The average molecular weight is 273 g/mol. The molecule has 5 rings (SSSR count). The van der Waals surface area contributed by atoms with Crippen LogP contribution in [0.25, 0.3) is 0 Å². The number of aromatic nitrogens is 2. The van der Waals surface area contributed by atoms with Gasteiger partial charge in [-0.1, -0.05) is 0 Å². The largest absolute Gasteiger partial charge is 0.310 e. The molecule has 4 fully saturated rings. The summed E-state index contributed by atoms with van der Waals surface area (Å²) in [6, 6.07) is 1.96. The van der Waals surface area contributed by atoms with Crippen molar-refractivity contribution in [2.45, 2.75) is 45.4 Å². The summed E-state index contributed by atoms with van der Waals surface area (Å²) in [5.41, 5.74) is 0.876. The van der Waals surface area contributed by atoms with Crippen LogP contribution < -0.4 is 5.32 Å². The van der Waals surface area contributed by atoms with Gasteiger partial charge in [0.2, 0.25) is 5.91 Å². The third-order valence-electron chi connectivity index (χ3n) is 5.76. The van der Waals surface area contributed by atoms with Crippen LogP contribution in [0.3, 0.4) is 0 Å². The maximum absolute atomic E-state index is 12.9. The number of nitrogens with zero attached hydrogens (tertiary/aromatic N) is 2. The van der Waals surface area contributed by atoms with Gasteiger partial charge < -0.3 is 5.32 Å². The Morgan fingerprint density at radius 3 is 2.25 bits per heavy atom. The van der Waals surface area contributed by atoms with Crippen molar-refractivity contribution < 1.29 is 4.79 Å². The van der Waals surface area contributed by atoms with Crippen molar-refractivity contribution in [2.24, 2.45) is 30.2 Å². The molecule has 4 aliphatic rings. The second-order valence-electron chi connectivity index (χ2n) is 7.45. The SMILES string of the molecule is Cc1cc(NC(=O)C23CC4CC(CC(C4)C2)C3)n(C)n1. The van der Waals surface area contributed by atoms with Crippen molar-refractivity contribution in [3.63, 3.8) is 0 Å².